The molecule has 0 amide bonds. The van der Waals surface area contributed by atoms with Crippen LogP contribution in [0.3, 0.4) is 0 Å². The maximum atomic E-state index is 12.7. The maximum absolute atomic E-state index is 12.7. The number of carbonyl (C=O) groups is 1. The van der Waals surface area contributed by atoms with Crippen molar-refractivity contribution in [3.05, 3.63) is 72.7 Å². The predicted molar refractivity (Wildman–Crippen MR) is 108 cm³/mol. The number of nitrogens with zero attached hydrogens (tertiary/aromatic N) is 3. The van der Waals surface area contributed by atoms with Gasteiger partial charge in [-0.25, -0.2) is 4.79 Å². The number of hydrogen-bond donors (Lipinski definition) is 3. The first-order valence-corrected chi connectivity index (χ1v) is 8.87. The molecule has 1 atom stereocenters. The van der Waals surface area contributed by atoms with E-state index in [2.05, 4.69) is 22.9 Å². The number of esters is 1. The lowest BCUT2D eigenvalue weighted by Crippen LogP contribution is -2.33. The average molecular weight is 421 g/mol. The molecule has 1 aliphatic rings. The standard InChI is InChI=1S/C17H19N5O6S/c1-3-28-16(23)14-12(8-19-17(18)29)20-9(2)15(22(26)27)13(14)10-5-4-6-11(7-10)21(24)25/h4-7,13,20H,3,8H2,1-2H3,(H3,18,19,29)/t13-/m0/s1. The van der Waals surface area contributed by atoms with E-state index in [4.69, 9.17) is 10.5 Å². The number of nitrogens with one attached hydrogen (secondary N) is 1. The van der Waals surface area contributed by atoms with E-state index >= 15 is 0 Å². The van der Waals surface area contributed by atoms with Crippen molar-refractivity contribution < 1.29 is 19.4 Å². The molecule has 0 spiro atoms. The molecule has 11 nitrogen and oxygen atoms in total. The number of ether oxygens (including phenoxy) is 1. The van der Waals surface area contributed by atoms with Crippen LogP contribution in [0.5, 0.6) is 0 Å². The highest BCUT2D eigenvalue weighted by Gasteiger charge is 2.42. The Morgan fingerprint density at radius 3 is 2.59 bits per heavy atom. The maximum Gasteiger partial charge on any atom is 0.337 e. The van der Waals surface area contributed by atoms with Gasteiger partial charge in [0.2, 0.25) is 0 Å². The van der Waals surface area contributed by atoms with Crippen molar-refractivity contribution in [2.75, 3.05) is 13.2 Å². The number of thiol groups is 1. The van der Waals surface area contributed by atoms with Crippen molar-refractivity contribution in [3.8, 4) is 0 Å². The molecule has 1 aromatic carbocycles. The highest BCUT2D eigenvalue weighted by atomic mass is 32.1. The number of nitro groups is 2. The van der Waals surface area contributed by atoms with Gasteiger partial charge < -0.3 is 15.8 Å². The molecule has 0 radical (unpaired) electrons. The summed E-state index contributed by atoms with van der Waals surface area (Å²) < 4.78 is 5.10. The molecule has 0 fully saturated rings. The number of amidine groups is 1. The summed E-state index contributed by atoms with van der Waals surface area (Å²) in [5.74, 6) is -2.00. The van der Waals surface area contributed by atoms with Crippen LogP contribution < -0.4 is 11.1 Å². The summed E-state index contributed by atoms with van der Waals surface area (Å²) in [5, 5.41) is 25.8. The third kappa shape index (κ3) is 4.90. The van der Waals surface area contributed by atoms with Crippen molar-refractivity contribution in [3.63, 3.8) is 0 Å². The van der Waals surface area contributed by atoms with Crippen LogP contribution in [0.1, 0.15) is 25.3 Å². The van der Waals surface area contributed by atoms with Gasteiger partial charge in [-0.05, 0) is 19.4 Å². The molecule has 0 saturated carbocycles. The normalized spacial score (nSPS) is 17.1. The second-order valence-electron chi connectivity index (χ2n) is 5.96. The molecule has 1 heterocycles. The second kappa shape index (κ2) is 9.19. The highest BCUT2D eigenvalue weighted by Crippen LogP contribution is 2.39. The Balaban J connectivity index is 2.77. The quantitative estimate of drug-likeness (QED) is 0.150. The number of rotatable bonds is 7. The lowest BCUT2D eigenvalue weighted by atomic mass is 9.83. The third-order valence-electron chi connectivity index (χ3n) is 4.12. The topological polar surface area (TPSA) is 163 Å². The van der Waals surface area contributed by atoms with Gasteiger partial charge in [-0.1, -0.05) is 12.1 Å². The van der Waals surface area contributed by atoms with Gasteiger partial charge in [-0.3, -0.25) is 25.2 Å². The molecule has 1 aliphatic heterocycles. The van der Waals surface area contributed by atoms with Crippen molar-refractivity contribution in [2.24, 2.45) is 10.7 Å². The van der Waals surface area contributed by atoms with E-state index in [0.717, 1.165) is 0 Å². The van der Waals surface area contributed by atoms with Crippen LogP contribution in [-0.2, 0) is 9.53 Å². The van der Waals surface area contributed by atoms with Crippen molar-refractivity contribution in [1.29, 1.82) is 0 Å². The molecule has 0 unspecified atom stereocenters. The van der Waals surface area contributed by atoms with Gasteiger partial charge in [0.15, 0.2) is 5.17 Å². The molecule has 3 N–H and O–H groups in total. The number of non-ortho nitro benzene ring substituents is 1. The summed E-state index contributed by atoms with van der Waals surface area (Å²) in [6, 6.07) is 5.33. The van der Waals surface area contributed by atoms with E-state index in [-0.39, 0.29) is 52.2 Å². The molecule has 12 heteroatoms. The lowest BCUT2D eigenvalue weighted by Gasteiger charge is -2.27. The third-order valence-corrected chi connectivity index (χ3v) is 4.26. The number of hydrogen-bond acceptors (Lipinski definition) is 8. The molecule has 154 valence electrons. The van der Waals surface area contributed by atoms with Crippen LogP contribution in [0.2, 0.25) is 0 Å². The van der Waals surface area contributed by atoms with Crippen LogP contribution in [-0.4, -0.2) is 34.1 Å². The predicted octanol–water partition coefficient (Wildman–Crippen LogP) is 1.85. The van der Waals surface area contributed by atoms with Gasteiger partial charge >= 0.3 is 5.97 Å². The van der Waals surface area contributed by atoms with E-state index in [1.165, 1.54) is 31.2 Å². The zero-order valence-electron chi connectivity index (χ0n) is 15.6. The smallest absolute Gasteiger partial charge is 0.337 e. The van der Waals surface area contributed by atoms with E-state index < -0.39 is 21.7 Å². The minimum Gasteiger partial charge on any atom is -0.463 e. The summed E-state index contributed by atoms with van der Waals surface area (Å²) in [6.45, 7) is 2.98. The molecule has 1 aromatic rings. The number of nitrogens with two attached hydrogens (primary N) is 1. The van der Waals surface area contributed by atoms with Crippen LogP contribution in [0.25, 0.3) is 0 Å². The fourth-order valence-electron chi connectivity index (χ4n) is 3.00. The minimum atomic E-state index is -1.20. The number of carbonyl (C=O) groups excluding carboxylic acids is 1. The number of dihydropyridines is 1. The van der Waals surface area contributed by atoms with Crippen LogP contribution in [0.4, 0.5) is 5.69 Å². The van der Waals surface area contributed by atoms with Crippen LogP contribution in [0, 0.1) is 20.2 Å². The van der Waals surface area contributed by atoms with Crippen molar-refractivity contribution >= 4 is 29.5 Å². The zero-order valence-corrected chi connectivity index (χ0v) is 16.5. The highest BCUT2D eigenvalue weighted by molar-refractivity contribution is 7.96. The summed E-state index contributed by atoms with van der Waals surface area (Å²) in [4.78, 5) is 38.4. The molecule has 29 heavy (non-hydrogen) atoms. The Kier molecular flexibility index (Phi) is 6.93. The first-order chi connectivity index (χ1) is 13.7. The van der Waals surface area contributed by atoms with Gasteiger partial charge in [-0.2, -0.15) is 0 Å². The van der Waals surface area contributed by atoms with Crippen molar-refractivity contribution in [2.45, 2.75) is 19.8 Å². The molecule has 0 bridgehead atoms. The van der Waals surface area contributed by atoms with Gasteiger partial charge in [0, 0.05) is 17.8 Å². The Morgan fingerprint density at radius 1 is 1.34 bits per heavy atom. The van der Waals surface area contributed by atoms with Gasteiger partial charge in [0.05, 0.1) is 34.3 Å². The Morgan fingerprint density at radius 2 is 2.03 bits per heavy atom. The SMILES string of the molecule is CCOC(=O)C1=C(CN=C(N)S)NC(C)=C([N+](=O)[O-])[C@H]1c1cccc([N+](=O)[O-])c1. The molecule has 0 aliphatic carbocycles. The summed E-state index contributed by atoms with van der Waals surface area (Å²) >= 11 is 3.89. The molecule has 0 saturated heterocycles. The summed E-state index contributed by atoms with van der Waals surface area (Å²) in [7, 11) is 0. The second-order valence-corrected chi connectivity index (χ2v) is 6.42. The first-order valence-electron chi connectivity index (χ1n) is 8.42. The number of nitro benzene ring substituents is 1. The number of benzene rings is 1. The van der Waals surface area contributed by atoms with E-state index in [0.29, 0.717) is 0 Å². The molecular formula is C17H19N5O6S. The first kappa shape index (κ1) is 21.9. The van der Waals surface area contributed by atoms with E-state index in [9.17, 15) is 25.0 Å². The largest absolute Gasteiger partial charge is 0.463 e. The fraction of sp³-hybridized carbons (Fsp3) is 0.294. The van der Waals surface area contributed by atoms with E-state index in [1.54, 1.807) is 6.92 Å². The molecule has 2 rings (SSSR count). The summed E-state index contributed by atoms with van der Waals surface area (Å²) in [5.41, 5.74) is 5.41. The van der Waals surface area contributed by atoms with Gasteiger partial charge in [0.1, 0.15) is 5.92 Å². The van der Waals surface area contributed by atoms with Crippen LogP contribution in [0.15, 0.2) is 51.9 Å². The van der Waals surface area contributed by atoms with Gasteiger partial charge in [-0.15, -0.1) is 12.6 Å². The monoisotopic (exact) mass is 421 g/mol. The Labute approximate surface area is 171 Å². The zero-order chi connectivity index (χ0) is 21.7. The number of allylic oxidation sites excluding steroid dienone is 2. The Hall–Kier alpha value is -3.41. The van der Waals surface area contributed by atoms with Crippen LogP contribution >= 0.6 is 12.6 Å². The van der Waals surface area contributed by atoms with E-state index in [1.807, 2.05) is 0 Å². The number of aliphatic imine (C=N–C) groups is 1. The Bertz CT molecular complexity index is 951. The average Bonchev–Trinajstić information content (AvgIpc) is 2.65. The minimum absolute atomic E-state index is 0.0335. The molecule has 0 aromatic heterocycles. The summed E-state index contributed by atoms with van der Waals surface area (Å²) in [6.07, 6.45) is 0. The fourth-order valence-corrected chi connectivity index (χ4v) is 3.08. The van der Waals surface area contributed by atoms with Gasteiger partial charge in [0.25, 0.3) is 11.4 Å². The van der Waals surface area contributed by atoms with Crippen molar-refractivity contribution in [1.82, 2.24) is 5.32 Å². The lowest BCUT2D eigenvalue weighted by molar-refractivity contribution is -0.431. The molecular weight excluding hydrogens is 402 g/mol.